The molecule has 208 valence electrons. The van der Waals surface area contributed by atoms with E-state index in [0.717, 1.165) is 24.3 Å². The van der Waals surface area contributed by atoms with Crippen molar-refractivity contribution in [2.45, 2.75) is 12.4 Å². The summed E-state index contributed by atoms with van der Waals surface area (Å²) in [7, 11) is 0. The minimum absolute atomic E-state index is 0.0878. The van der Waals surface area contributed by atoms with Crippen LogP contribution in [0.25, 0.3) is 26.5 Å². The van der Waals surface area contributed by atoms with Gasteiger partial charge in [0.1, 0.15) is 17.2 Å². The predicted octanol–water partition coefficient (Wildman–Crippen LogP) is 8.47. The molecule has 0 bridgehead atoms. The molecule has 0 saturated carbocycles. The lowest BCUT2D eigenvalue weighted by atomic mass is 10.0. The summed E-state index contributed by atoms with van der Waals surface area (Å²) < 4.78 is 95.2. The standard InChI is InChI=1S/C30H14F6N4O2/c1-38-40-24-15-25(41-27-19-8-4-2-6-17(19)10-12-21(27)29(31,32)33)23(39-16-37)14-26(24)42-28-20-9-5-3-7-18(20)11-13-22(28)30(34,35)36/h2-15H. The van der Waals surface area contributed by atoms with Crippen LogP contribution in [0, 0.1) is 18.0 Å². The van der Waals surface area contributed by atoms with Crippen molar-refractivity contribution in [1.82, 2.24) is 0 Å². The van der Waals surface area contributed by atoms with Gasteiger partial charge in [0.2, 0.25) is 6.19 Å². The van der Waals surface area contributed by atoms with Crippen LogP contribution in [-0.4, -0.2) is 11.4 Å². The fourth-order valence-corrected chi connectivity index (χ4v) is 4.35. The summed E-state index contributed by atoms with van der Waals surface area (Å²) in [6.07, 6.45) is -6.22. The maximum atomic E-state index is 14.0. The minimum atomic E-state index is -4.83. The predicted molar refractivity (Wildman–Crippen MR) is 142 cm³/mol. The molecule has 0 fully saturated rings. The highest BCUT2D eigenvalue weighted by atomic mass is 19.4. The summed E-state index contributed by atoms with van der Waals surface area (Å²) in [5, 5.41) is 13.9. The molecule has 0 aliphatic heterocycles. The first kappa shape index (κ1) is 27.9. The number of rotatable bonds is 4. The fraction of sp³-hybridized carbons (Fsp3) is 0.0667. The smallest absolute Gasteiger partial charge is 0.420 e. The van der Waals surface area contributed by atoms with Crippen LogP contribution in [0.4, 0.5) is 26.3 Å². The van der Waals surface area contributed by atoms with Gasteiger partial charge in [0.15, 0.2) is 17.2 Å². The fourth-order valence-electron chi connectivity index (χ4n) is 4.35. The van der Waals surface area contributed by atoms with Crippen molar-refractivity contribution in [3.63, 3.8) is 0 Å². The lowest BCUT2D eigenvalue weighted by molar-refractivity contribution is -0.139. The van der Waals surface area contributed by atoms with Crippen LogP contribution in [0.2, 0.25) is 0 Å². The van der Waals surface area contributed by atoms with Gasteiger partial charge in [-0.1, -0.05) is 60.7 Å². The van der Waals surface area contributed by atoms with Crippen LogP contribution in [0.1, 0.15) is 11.1 Å². The molecule has 0 unspecified atom stereocenters. The molecule has 6 nitrogen and oxygen atoms in total. The van der Waals surface area contributed by atoms with Crippen molar-refractivity contribution in [2.24, 2.45) is 10.1 Å². The highest BCUT2D eigenvalue weighted by Gasteiger charge is 2.38. The molecule has 5 rings (SSSR count). The van der Waals surface area contributed by atoms with Crippen LogP contribution in [0.5, 0.6) is 11.5 Å². The lowest BCUT2D eigenvalue weighted by Crippen LogP contribution is -2.22. The zero-order valence-corrected chi connectivity index (χ0v) is 21.0. The molecule has 4 aromatic carbocycles. The van der Waals surface area contributed by atoms with E-state index in [-0.39, 0.29) is 22.2 Å². The Morgan fingerprint density at radius 2 is 1.12 bits per heavy atom. The molecule has 0 N–H and O–H groups in total. The van der Waals surface area contributed by atoms with Crippen LogP contribution in [-0.2, 0) is 12.4 Å². The van der Waals surface area contributed by atoms with Gasteiger partial charge in [0, 0.05) is 22.9 Å². The number of fused-ring (bicyclic) bond motifs is 2. The van der Waals surface area contributed by atoms with Gasteiger partial charge in [-0.05, 0) is 22.9 Å². The Hall–Kier alpha value is -5.62. The van der Waals surface area contributed by atoms with Crippen molar-refractivity contribution >= 4 is 33.0 Å². The third-order valence-electron chi connectivity index (χ3n) is 6.16. The van der Waals surface area contributed by atoms with Crippen molar-refractivity contribution in [3.8, 4) is 17.7 Å². The monoisotopic (exact) mass is 576 g/mol. The van der Waals surface area contributed by atoms with Crippen molar-refractivity contribution in [1.29, 1.82) is 5.26 Å². The Morgan fingerprint density at radius 1 is 0.667 bits per heavy atom. The molecule has 0 spiro atoms. The van der Waals surface area contributed by atoms with Crippen LogP contribution >= 0.6 is 0 Å². The van der Waals surface area contributed by atoms with Crippen molar-refractivity contribution in [2.75, 3.05) is 0 Å². The molecule has 0 saturated heterocycles. The number of hydrogen-bond donors (Lipinski definition) is 0. The number of hydrogen-bond acceptors (Lipinski definition) is 5. The summed E-state index contributed by atoms with van der Waals surface area (Å²) in [6, 6.07) is 16.4. The van der Waals surface area contributed by atoms with Gasteiger partial charge in [0.25, 0.3) is 0 Å². The second-order valence-corrected chi connectivity index (χ2v) is 8.73. The van der Waals surface area contributed by atoms with Crippen LogP contribution in [0.15, 0.2) is 107 Å². The van der Waals surface area contributed by atoms with Gasteiger partial charge in [-0.25, -0.2) is 0 Å². The van der Waals surface area contributed by atoms with E-state index in [1.807, 2.05) is 0 Å². The molecule has 1 aliphatic carbocycles. The molecule has 0 amide bonds. The zero-order valence-electron chi connectivity index (χ0n) is 21.0. The van der Waals surface area contributed by atoms with E-state index in [0.29, 0.717) is 10.8 Å². The Labute approximate surface area is 233 Å². The topological polar surface area (TPSA) is 71.3 Å². The van der Waals surface area contributed by atoms with Gasteiger partial charge in [-0.3, -0.25) is 0 Å². The molecule has 0 aromatic heterocycles. The highest BCUT2D eigenvalue weighted by Crippen LogP contribution is 2.43. The number of nitrogens with zero attached hydrogens (tertiary/aromatic N) is 4. The lowest BCUT2D eigenvalue weighted by Gasteiger charge is -2.21. The third-order valence-corrected chi connectivity index (χ3v) is 6.16. The average Bonchev–Trinajstić information content (AvgIpc) is 2.94. The van der Waals surface area contributed by atoms with E-state index < -0.39 is 46.5 Å². The summed E-state index contributed by atoms with van der Waals surface area (Å²) in [4.78, 5) is 6.50. The maximum absolute atomic E-state index is 14.0. The normalized spacial score (nSPS) is 15.7. The van der Waals surface area contributed by atoms with Gasteiger partial charge in [-0.15, -0.1) is 4.95 Å². The first-order valence-corrected chi connectivity index (χ1v) is 11.9. The van der Waals surface area contributed by atoms with E-state index in [4.69, 9.17) is 16.0 Å². The van der Waals surface area contributed by atoms with Gasteiger partial charge >= 0.3 is 12.4 Å². The number of alkyl halides is 6. The van der Waals surface area contributed by atoms with Gasteiger partial charge in [0.05, 0.1) is 16.2 Å². The van der Waals surface area contributed by atoms with E-state index in [2.05, 4.69) is 15.0 Å². The molecule has 0 heterocycles. The van der Waals surface area contributed by atoms with Gasteiger partial charge < -0.3 is 9.47 Å². The van der Waals surface area contributed by atoms with Crippen LogP contribution in [0.3, 0.4) is 0 Å². The Balaban J connectivity index is 1.65. The molecule has 4 aromatic rings. The Morgan fingerprint density at radius 3 is 1.57 bits per heavy atom. The summed E-state index contributed by atoms with van der Waals surface area (Å²) in [5.74, 6) is -2.04. The Kier molecular flexibility index (Phi) is 7.15. The molecular weight excluding hydrogens is 562 g/mol. The summed E-state index contributed by atoms with van der Waals surface area (Å²) >= 11 is 0. The van der Waals surface area contributed by atoms with E-state index in [1.165, 1.54) is 42.6 Å². The number of ether oxygens (including phenoxy) is 2. The van der Waals surface area contributed by atoms with E-state index >= 15 is 0 Å². The van der Waals surface area contributed by atoms with E-state index in [1.54, 1.807) is 24.3 Å². The molecule has 0 atom stereocenters. The molecular formula is C30H14F6N4O2. The van der Waals surface area contributed by atoms with Crippen molar-refractivity contribution in [3.05, 3.63) is 119 Å². The number of nitriles is 1. The minimum Gasteiger partial charge on any atom is -0.454 e. The Bertz CT molecular complexity index is 1800. The first-order chi connectivity index (χ1) is 20.0. The highest BCUT2D eigenvalue weighted by molar-refractivity contribution is 6.23. The van der Waals surface area contributed by atoms with E-state index in [9.17, 15) is 31.6 Å². The summed E-state index contributed by atoms with van der Waals surface area (Å²) in [5.41, 5.74) is -2.99. The third kappa shape index (κ3) is 5.38. The molecule has 42 heavy (non-hydrogen) atoms. The SMILES string of the molecule is [C-]#[N+]N=C1C=C(Oc2c(C(F)(F)F)ccc3ccccc23)C(=NC#N)C=C1Oc1c(C(F)(F)F)ccc2ccccc12. The second kappa shape index (κ2) is 10.7. The average molecular weight is 576 g/mol. The maximum Gasteiger partial charge on any atom is 0.420 e. The first-order valence-electron chi connectivity index (χ1n) is 11.9. The number of aliphatic imine (C=N–C) groups is 1. The number of allylic oxidation sites excluding steroid dienone is 2. The molecule has 1 aliphatic rings. The van der Waals surface area contributed by atoms with Crippen molar-refractivity contribution < 1.29 is 35.8 Å². The number of halogens is 6. The second-order valence-electron chi connectivity index (χ2n) is 8.73. The summed E-state index contributed by atoms with van der Waals surface area (Å²) in [6.45, 7) is 7.20. The quantitative estimate of drug-likeness (QED) is 0.0805. The molecule has 12 heteroatoms. The zero-order chi connectivity index (χ0) is 30.1. The largest absolute Gasteiger partial charge is 0.454 e. The van der Waals surface area contributed by atoms with Crippen LogP contribution < -0.4 is 9.47 Å². The number of benzene rings is 4. The molecule has 0 radical (unpaired) electrons. The van der Waals surface area contributed by atoms with Gasteiger partial charge in [-0.2, -0.15) is 43.2 Å².